The molecular formula is C21H35FN4O2. The van der Waals surface area contributed by atoms with E-state index in [1.165, 1.54) is 0 Å². The Hall–Kier alpha value is -1.79. The van der Waals surface area contributed by atoms with E-state index in [9.17, 15) is 9.59 Å². The fourth-order valence-corrected chi connectivity index (χ4v) is 3.77. The number of Topliss-reactive ketones (excluding diaryl/α,β-unsaturated/α-hetero) is 1. The van der Waals surface area contributed by atoms with Gasteiger partial charge in [0.15, 0.2) is 5.78 Å². The van der Waals surface area contributed by atoms with Crippen LogP contribution in [0.2, 0.25) is 0 Å². The zero-order valence-corrected chi connectivity index (χ0v) is 17.8. The molecule has 1 aromatic heterocycles. The Labute approximate surface area is 167 Å². The number of unbranched alkanes of at least 4 members (excludes halogenated alkanes) is 1. The highest BCUT2D eigenvalue weighted by molar-refractivity contribution is 5.88. The molecule has 1 atom stereocenters. The van der Waals surface area contributed by atoms with Gasteiger partial charge in [-0.2, -0.15) is 0 Å². The molecule has 1 heterocycles. The van der Waals surface area contributed by atoms with Gasteiger partial charge in [-0.1, -0.05) is 25.5 Å². The monoisotopic (exact) mass is 394 g/mol. The predicted molar refractivity (Wildman–Crippen MR) is 107 cm³/mol. The van der Waals surface area contributed by atoms with Crippen LogP contribution in [0, 0.1) is 5.92 Å². The normalized spacial score (nSPS) is 20.0. The minimum absolute atomic E-state index is 0.0257. The number of nitrogens with zero attached hydrogens (tertiary/aromatic N) is 3. The van der Waals surface area contributed by atoms with Crippen LogP contribution in [0.15, 0.2) is 0 Å². The molecule has 2 rings (SSSR count). The molecule has 0 bridgehead atoms. The number of hydrogen-bond donors (Lipinski definition) is 1. The number of nitrogens with one attached hydrogen (secondary N) is 1. The van der Waals surface area contributed by atoms with Crippen molar-refractivity contribution in [3.63, 3.8) is 0 Å². The third-order valence-corrected chi connectivity index (χ3v) is 5.14. The van der Waals surface area contributed by atoms with E-state index in [-0.39, 0.29) is 30.5 Å². The second kappa shape index (κ2) is 10.1. The van der Waals surface area contributed by atoms with Crippen molar-refractivity contribution in [3.8, 4) is 0 Å². The molecule has 6 nitrogen and oxygen atoms in total. The molecule has 1 unspecified atom stereocenters. The summed E-state index contributed by atoms with van der Waals surface area (Å²) < 4.78 is 17.7. The van der Waals surface area contributed by atoms with Crippen LogP contribution in [-0.2, 0) is 28.2 Å². The van der Waals surface area contributed by atoms with Crippen molar-refractivity contribution in [2.45, 2.75) is 104 Å². The van der Waals surface area contributed by atoms with Crippen molar-refractivity contribution in [2.24, 2.45) is 5.92 Å². The van der Waals surface area contributed by atoms with Crippen LogP contribution in [0.4, 0.5) is 4.39 Å². The lowest BCUT2D eigenvalue weighted by Gasteiger charge is -2.25. The SMILES string of the molecule is CC(C)Cn1nnc2c1CCCCCC2(F)C(=O)CCCCC(=O)NC(C)C. The number of rotatable bonds is 9. The lowest BCUT2D eigenvalue weighted by Crippen LogP contribution is -2.34. The van der Waals surface area contributed by atoms with Gasteiger partial charge in [0.2, 0.25) is 11.6 Å². The van der Waals surface area contributed by atoms with Gasteiger partial charge in [0, 0.05) is 25.4 Å². The molecule has 0 fully saturated rings. The first-order valence-electron chi connectivity index (χ1n) is 10.7. The summed E-state index contributed by atoms with van der Waals surface area (Å²) in [5.74, 6) is -0.0725. The van der Waals surface area contributed by atoms with Crippen LogP contribution in [0.25, 0.3) is 0 Å². The highest BCUT2D eigenvalue weighted by atomic mass is 19.1. The largest absolute Gasteiger partial charge is 0.354 e. The van der Waals surface area contributed by atoms with Gasteiger partial charge in [-0.15, -0.1) is 5.10 Å². The molecule has 0 aliphatic heterocycles. The van der Waals surface area contributed by atoms with E-state index in [0.29, 0.717) is 44.6 Å². The van der Waals surface area contributed by atoms with E-state index < -0.39 is 11.5 Å². The van der Waals surface area contributed by atoms with Crippen molar-refractivity contribution in [3.05, 3.63) is 11.4 Å². The summed E-state index contributed by atoms with van der Waals surface area (Å²) in [6.45, 7) is 8.66. The number of ketones is 1. The summed E-state index contributed by atoms with van der Waals surface area (Å²) in [4.78, 5) is 24.6. The smallest absolute Gasteiger partial charge is 0.220 e. The number of carbonyl (C=O) groups is 2. The Morgan fingerprint density at radius 1 is 1.14 bits per heavy atom. The highest BCUT2D eigenvalue weighted by Gasteiger charge is 2.44. The van der Waals surface area contributed by atoms with Crippen LogP contribution in [0.3, 0.4) is 0 Å². The maximum absolute atomic E-state index is 16.0. The lowest BCUT2D eigenvalue weighted by molar-refractivity contribution is -0.132. The summed E-state index contributed by atoms with van der Waals surface area (Å²) in [6, 6.07) is 0.102. The number of carbonyl (C=O) groups excluding carboxylic acids is 2. The number of hydrogen-bond acceptors (Lipinski definition) is 4. The lowest BCUT2D eigenvalue weighted by atomic mass is 9.84. The zero-order valence-electron chi connectivity index (χ0n) is 17.8. The van der Waals surface area contributed by atoms with Crippen LogP contribution < -0.4 is 5.32 Å². The summed E-state index contributed by atoms with van der Waals surface area (Å²) >= 11 is 0. The molecular weight excluding hydrogens is 359 g/mol. The van der Waals surface area contributed by atoms with E-state index in [4.69, 9.17) is 0 Å². The standard InChI is InChI=1S/C21H35FN4O2/c1-15(2)14-26-17-10-6-5-9-13-21(22,20(17)24-25-26)18(27)11-7-8-12-19(28)23-16(3)4/h15-16H,5-14H2,1-4H3,(H,23,28). The molecule has 0 spiro atoms. The average Bonchev–Trinajstić information content (AvgIpc) is 2.97. The first-order chi connectivity index (χ1) is 13.2. The molecule has 1 aliphatic rings. The highest BCUT2D eigenvalue weighted by Crippen LogP contribution is 2.38. The van der Waals surface area contributed by atoms with E-state index in [0.717, 1.165) is 18.5 Å². The third kappa shape index (κ3) is 5.85. The summed E-state index contributed by atoms with van der Waals surface area (Å²) in [5, 5.41) is 11.1. The molecule has 1 amide bonds. The average molecular weight is 395 g/mol. The molecule has 7 heteroatoms. The van der Waals surface area contributed by atoms with Gasteiger partial charge < -0.3 is 5.32 Å². The molecule has 0 saturated heterocycles. The van der Waals surface area contributed by atoms with Gasteiger partial charge in [-0.25, -0.2) is 9.07 Å². The van der Waals surface area contributed by atoms with Gasteiger partial charge in [0.1, 0.15) is 5.69 Å². The van der Waals surface area contributed by atoms with Gasteiger partial charge in [0.25, 0.3) is 0 Å². The van der Waals surface area contributed by atoms with E-state index >= 15 is 4.39 Å². The maximum atomic E-state index is 16.0. The number of fused-ring (bicyclic) bond motifs is 1. The van der Waals surface area contributed by atoms with Crippen LogP contribution in [0.5, 0.6) is 0 Å². The molecule has 28 heavy (non-hydrogen) atoms. The minimum Gasteiger partial charge on any atom is -0.354 e. The Balaban J connectivity index is 2.05. The number of amides is 1. The Morgan fingerprint density at radius 3 is 2.54 bits per heavy atom. The third-order valence-electron chi connectivity index (χ3n) is 5.14. The number of halogens is 1. The number of alkyl halides is 1. The molecule has 1 N–H and O–H groups in total. The van der Waals surface area contributed by atoms with E-state index in [1.54, 1.807) is 4.68 Å². The van der Waals surface area contributed by atoms with Crippen molar-refractivity contribution in [2.75, 3.05) is 0 Å². The van der Waals surface area contributed by atoms with Crippen LogP contribution in [0.1, 0.15) is 90.4 Å². The van der Waals surface area contributed by atoms with E-state index in [1.807, 2.05) is 13.8 Å². The summed E-state index contributed by atoms with van der Waals surface area (Å²) in [5.41, 5.74) is -1.04. The molecule has 1 aromatic rings. The Kier molecular flexibility index (Phi) is 8.13. The molecule has 0 radical (unpaired) electrons. The fraction of sp³-hybridized carbons (Fsp3) is 0.810. The van der Waals surface area contributed by atoms with Crippen molar-refractivity contribution < 1.29 is 14.0 Å². The molecule has 0 aromatic carbocycles. The minimum atomic E-state index is -2.05. The fourth-order valence-electron chi connectivity index (χ4n) is 3.77. The van der Waals surface area contributed by atoms with Crippen molar-refractivity contribution >= 4 is 11.7 Å². The predicted octanol–water partition coefficient (Wildman–Crippen LogP) is 3.87. The van der Waals surface area contributed by atoms with E-state index in [2.05, 4.69) is 29.5 Å². The van der Waals surface area contributed by atoms with Crippen molar-refractivity contribution in [1.82, 2.24) is 20.3 Å². The first kappa shape index (κ1) is 22.5. The topological polar surface area (TPSA) is 76.9 Å². The molecule has 158 valence electrons. The second-order valence-electron chi connectivity index (χ2n) is 8.68. The van der Waals surface area contributed by atoms with Gasteiger partial charge in [0.05, 0.1) is 5.69 Å². The molecule has 0 saturated carbocycles. The zero-order chi connectivity index (χ0) is 20.7. The second-order valence-corrected chi connectivity index (χ2v) is 8.68. The van der Waals surface area contributed by atoms with Crippen LogP contribution >= 0.6 is 0 Å². The number of aromatic nitrogens is 3. The van der Waals surface area contributed by atoms with Gasteiger partial charge in [-0.05, 0) is 58.3 Å². The quantitative estimate of drug-likeness (QED) is 0.645. The Morgan fingerprint density at radius 2 is 1.86 bits per heavy atom. The summed E-state index contributed by atoms with van der Waals surface area (Å²) in [7, 11) is 0. The Bertz CT molecular complexity index is 671. The first-order valence-corrected chi connectivity index (χ1v) is 10.7. The van der Waals surface area contributed by atoms with Gasteiger partial charge >= 0.3 is 0 Å². The van der Waals surface area contributed by atoms with Gasteiger partial charge in [-0.3, -0.25) is 9.59 Å². The summed E-state index contributed by atoms with van der Waals surface area (Å²) in [6.07, 6.45) is 5.00. The van der Waals surface area contributed by atoms with Crippen molar-refractivity contribution in [1.29, 1.82) is 0 Å². The maximum Gasteiger partial charge on any atom is 0.220 e. The molecule has 1 aliphatic carbocycles. The van der Waals surface area contributed by atoms with Crippen LogP contribution in [-0.4, -0.2) is 32.7 Å².